The number of amides is 1. The normalized spacial score (nSPS) is 10.6. The molecule has 0 heterocycles. The number of hydrazone groups is 1. The summed E-state index contributed by atoms with van der Waals surface area (Å²) in [6.45, 7) is 0. The molecule has 3 aromatic rings. The van der Waals surface area contributed by atoms with E-state index in [4.69, 9.17) is 42.1 Å². The minimum Gasteiger partial charge on any atom is -0.493 e. The van der Waals surface area contributed by atoms with Gasteiger partial charge in [-0.2, -0.15) is 5.10 Å². The SMILES string of the molecule is COc1cc(C(=O)Oc2ccc([N+](=O)[O-])cc2/C=N/NC(=O)c2ccc(Cl)cc2Cl)cc(OC)c1OC. The Hall–Kier alpha value is -4.35. The highest BCUT2D eigenvalue weighted by Gasteiger charge is 2.20. The summed E-state index contributed by atoms with van der Waals surface area (Å²) in [6.07, 6.45) is 1.09. The lowest BCUT2D eigenvalue weighted by Crippen LogP contribution is -2.18. The van der Waals surface area contributed by atoms with Crippen LogP contribution < -0.4 is 24.4 Å². The standard InChI is InChI=1S/C24H19Cl2N3O8/c1-34-20-9-13(10-21(35-2)22(20)36-3)24(31)37-19-7-5-16(29(32)33)8-14(19)12-27-28-23(30)17-6-4-15(25)11-18(17)26/h4-12H,1-3H3,(H,28,30)/b27-12+. The number of methoxy groups -OCH3 is 3. The van der Waals surface area contributed by atoms with Gasteiger partial charge < -0.3 is 18.9 Å². The van der Waals surface area contributed by atoms with Gasteiger partial charge in [0.15, 0.2) is 11.5 Å². The van der Waals surface area contributed by atoms with Gasteiger partial charge in [-0.25, -0.2) is 10.2 Å². The van der Waals surface area contributed by atoms with E-state index in [1.54, 1.807) is 0 Å². The predicted molar refractivity (Wildman–Crippen MR) is 136 cm³/mol. The van der Waals surface area contributed by atoms with Gasteiger partial charge in [0.05, 0.1) is 48.6 Å². The van der Waals surface area contributed by atoms with Crippen LogP contribution in [0.1, 0.15) is 26.3 Å². The zero-order valence-electron chi connectivity index (χ0n) is 19.6. The van der Waals surface area contributed by atoms with Gasteiger partial charge in [0.25, 0.3) is 11.6 Å². The van der Waals surface area contributed by atoms with E-state index < -0.39 is 16.8 Å². The van der Waals surface area contributed by atoms with E-state index in [0.717, 1.165) is 18.3 Å². The first-order chi connectivity index (χ1) is 17.7. The molecule has 0 radical (unpaired) electrons. The number of hydrogen-bond donors (Lipinski definition) is 1. The topological polar surface area (TPSA) is 139 Å². The molecule has 0 aliphatic carbocycles. The average Bonchev–Trinajstić information content (AvgIpc) is 2.88. The Morgan fingerprint density at radius 2 is 1.62 bits per heavy atom. The molecule has 1 amide bonds. The number of nitrogens with zero attached hydrogens (tertiary/aromatic N) is 2. The lowest BCUT2D eigenvalue weighted by Gasteiger charge is -2.14. The van der Waals surface area contributed by atoms with Crippen molar-refractivity contribution in [3.8, 4) is 23.0 Å². The number of halogens is 2. The number of nitro benzene ring substituents is 1. The number of esters is 1. The second-order valence-electron chi connectivity index (χ2n) is 7.11. The molecule has 0 unspecified atom stereocenters. The summed E-state index contributed by atoms with van der Waals surface area (Å²) < 4.78 is 21.2. The number of nitro groups is 1. The number of nitrogens with one attached hydrogen (secondary N) is 1. The van der Waals surface area contributed by atoms with Crippen molar-refractivity contribution in [3.63, 3.8) is 0 Å². The molecular weight excluding hydrogens is 529 g/mol. The Morgan fingerprint density at radius 1 is 0.946 bits per heavy atom. The number of carbonyl (C=O) groups excluding carboxylic acids is 2. The maximum absolute atomic E-state index is 12.9. The van der Waals surface area contributed by atoms with E-state index >= 15 is 0 Å². The van der Waals surface area contributed by atoms with E-state index in [1.807, 2.05) is 0 Å². The number of benzene rings is 3. The minimum absolute atomic E-state index is 0.0393. The fourth-order valence-corrected chi connectivity index (χ4v) is 3.59. The quantitative estimate of drug-likeness (QED) is 0.131. The van der Waals surface area contributed by atoms with Gasteiger partial charge in [-0.3, -0.25) is 14.9 Å². The van der Waals surface area contributed by atoms with Gasteiger partial charge in [0.1, 0.15) is 5.75 Å². The molecule has 13 heteroatoms. The first kappa shape index (κ1) is 27.2. The molecule has 0 saturated heterocycles. The maximum Gasteiger partial charge on any atom is 0.343 e. The van der Waals surface area contributed by atoms with E-state index in [1.165, 1.54) is 57.7 Å². The van der Waals surface area contributed by atoms with Gasteiger partial charge in [-0.15, -0.1) is 0 Å². The summed E-state index contributed by atoms with van der Waals surface area (Å²) in [4.78, 5) is 35.9. The van der Waals surface area contributed by atoms with E-state index in [9.17, 15) is 19.7 Å². The first-order valence-electron chi connectivity index (χ1n) is 10.3. The zero-order chi connectivity index (χ0) is 27.1. The lowest BCUT2D eigenvalue weighted by molar-refractivity contribution is -0.384. The summed E-state index contributed by atoms with van der Waals surface area (Å²) in [5, 5.41) is 15.5. The second-order valence-corrected chi connectivity index (χ2v) is 7.95. The van der Waals surface area contributed by atoms with Crippen LogP contribution in [-0.2, 0) is 0 Å². The van der Waals surface area contributed by atoms with Crippen molar-refractivity contribution in [3.05, 3.63) is 85.4 Å². The highest BCUT2D eigenvalue weighted by atomic mass is 35.5. The molecule has 0 spiro atoms. The molecule has 0 aliphatic heterocycles. The Kier molecular flexibility index (Phi) is 8.88. The van der Waals surface area contributed by atoms with Gasteiger partial charge in [-0.1, -0.05) is 23.2 Å². The second kappa shape index (κ2) is 12.1. The molecule has 1 N–H and O–H groups in total. The third kappa shape index (κ3) is 6.46. The van der Waals surface area contributed by atoms with Crippen molar-refractivity contribution < 1.29 is 33.5 Å². The van der Waals surface area contributed by atoms with Crippen molar-refractivity contribution in [1.82, 2.24) is 5.43 Å². The molecule has 0 atom stereocenters. The number of non-ortho nitro benzene ring substituents is 1. The van der Waals surface area contributed by atoms with Crippen LogP contribution in [0.3, 0.4) is 0 Å². The predicted octanol–water partition coefficient (Wildman–Crippen LogP) is 4.91. The third-order valence-corrected chi connectivity index (χ3v) is 5.40. The van der Waals surface area contributed by atoms with Crippen LogP contribution in [0.25, 0.3) is 0 Å². The van der Waals surface area contributed by atoms with Crippen LogP contribution in [0.15, 0.2) is 53.6 Å². The van der Waals surface area contributed by atoms with Crippen LogP contribution in [-0.4, -0.2) is 44.3 Å². The highest BCUT2D eigenvalue weighted by molar-refractivity contribution is 6.36. The summed E-state index contributed by atoms with van der Waals surface area (Å²) >= 11 is 11.9. The van der Waals surface area contributed by atoms with Gasteiger partial charge in [-0.05, 0) is 36.4 Å². The fraction of sp³-hybridized carbons (Fsp3) is 0.125. The fourth-order valence-electron chi connectivity index (χ4n) is 3.10. The zero-order valence-corrected chi connectivity index (χ0v) is 21.1. The third-order valence-electron chi connectivity index (χ3n) is 4.85. The molecule has 37 heavy (non-hydrogen) atoms. The van der Waals surface area contributed by atoms with Crippen LogP contribution in [0.4, 0.5) is 5.69 Å². The molecule has 3 aromatic carbocycles. The number of hydrogen-bond acceptors (Lipinski definition) is 9. The maximum atomic E-state index is 12.9. The van der Waals surface area contributed by atoms with Crippen molar-refractivity contribution in [2.24, 2.45) is 5.10 Å². The molecule has 192 valence electrons. The van der Waals surface area contributed by atoms with Crippen LogP contribution in [0, 0.1) is 10.1 Å². The van der Waals surface area contributed by atoms with Crippen LogP contribution in [0.5, 0.6) is 23.0 Å². The van der Waals surface area contributed by atoms with E-state index in [0.29, 0.717) is 5.02 Å². The Morgan fingerprint density at radius 3 is 2.19 bits per heavy atom. The number of rotatable bonds is 9. The average molecular weight is 548 g/mol. The molecule has 0 fully saturated rings. The largest absolute Gasteiger partial charge is 0.493 e. The van der Waals surface area contributed by atoms with Crippen LogP contribution in [0.2, 0.25) is 10.0 Å². The van der Waals surface area contributed by atoms with Crippen molar-refractivity contribution in [1.29, 1.82) is 0 Å². The lowest BCUT2D eigenvalue weighted by atomic mass is 10.1. The van der Waals surface area contributed by atoms with E-state index in [-0.39, 0.29) is 50.4 Å². The van der Waals surface area contributed by atoms with Crippen molar-refractivity contribution in [2.45, 2.75) is 0 Å². The Labute approximate surface area is 220 Å². The minimum atomic E-state index is -0.820. The Bertz CT molecular complexity index is 1370. The molecule has 0 aliphatic rings. The van der Waals surface area contributed by atoms with E-state index in [2.05, 4.69) is 10.5 Å². The van der Waals surface area contributed by atoms with Crippen molar-refractivity contribution in [2.75, 3.05) is 21.3 Å². The highest BCUT2D eigenvalue weighted by Crippen LogP contribution is 2.38. The number of ether oxygens (including phenoxy) is 4. The summed E-state index contributed by atoms with van der Waals surface area (Å²) in [7, 11) is 4.20. The number of carbonyl (C=O) groups is 2. The summed E-state index contributed by atoms with van der Waals surface area (Å²) in [5.74, 6) is -0.808. The molecule has 0 aromatic heterocycles. The van der Waals surface area contributed by atoms with Crippen LogP contribution >= 0.6 is 23.2 Å². The summed E-state index contributed by atoms with van der Waals surface area (Å²) in [5.41, 5.74) is 2.17. The molecule has 0 saturated carbocycles. The molecule has 11 nitrogen and oxygen atoms in total. The van der Waals surface area contributed by atoms with Gasteiger partial charge >= 0.3 is 5.97 Å². The monoisotopic (exact) mass is 547 g/mol. The summed E-state index contributed by atoms with van der Waals surface area (Å²) in [6, 6.07) is 10.6. The Balaban J connectivity index is 1.89. The van der Waals surface area contributed by atoms with Crippen molar-refractivity contribution >= 4 is 47.0 Å². The molecular formula is C24H19Cl2N3O8. The molecule has 3 rings (SSSR count). The smallest absolute Gasteiger partial charge is 0.343 e. The van der Waals surface area contributed by atoms with Gasteiger partial charge in [0.2, 0.25) is 5.75 Å². The first-order valence-corrected chi connectivity index (χ1v) is 11.0. The molecule has 0 bridgehead atoms. The van der Waals surface area contributed by atoms with Gasteiger partial charge in [0, 0.05) is 22.7 Å².